The molecule has 38 heavy (non-hydrogen) atoms. The molecule has 1 fully saturated rings. The minimum Gasteiger partial charge on any atom is -0.444 e. The van der Waals surface area contributed by atoms with Crippen LogP contribution in [0.5, 0.6) is 0 Å². The first-order valence-electron chi connectivity index (χ1n) is 11.6. The molecule has 15 heteroatoms. The van der Waals surface area contributed by atoms with Crippen LogP contribution in [0.3, 0.4) is 0 Å². The van der Waals surface area contributed by atoms with E-state index in [0.717, 1.165) is 28.5 Å². The first-order valence-corrected chi connectivity index (χ1v) is 13.5. The van der Waals surface area contributed by atoms with E-state index in [1.807, 2.05) is 0 Å². The Balaban J connectivity index is 1.68. The zero-order valence-corrected chi connectivity index (χ0v) is 21.7. The first-order chi connectivity index (χ1) is 17.4. The van der Waals surface area contributed by atoms with E-state index in [4.69, 9.17) is 9.47 Å². The second-order valence-electron chi connectivity index (χ2n) is 10.4. The molecule has 0 radical (unpaired) electrons. The highest BCUT2D eigenvalue weighted by Crippen LogP contribution is 2.43. The molecule has 1 aromatic carbocycles. The predicted octanol–water partition coefficient (Wildman–Crippen LogP) is 3.64. The molecule has 1 aromatic heterocycles. The Morgan fingerprint density at radius 3 is 2.45 bits per heavy atom. The molecule has 0 aliphatic carbocycles. The van der Waals surface area contributed by atoms with Crippen LogP contribution in [0, 0.1) is 11.6 Å². The van der Waals surface area contributed by atoms with Gasteiger partial charge in [-0.3, -0.25) is 4.90 Å². The maximum absolute atomic E-state index is 14.7. The Hall–Kier alpha value is -2.78. The molecule has 0 saturated carbocycles. The van der Waals surface area contributed by atoms with E-state index in [9.17, 15) is 35.2 Å². The summed E-state index contributed by atoms with van der Waals surface area (Å²) in [5.41, 5.74) is -0.708. The molecular weight excluding hydrogens is 539 g/mol. The summed E-state index contributed by atoms with van der Waals surface area (Å²) in [5.74, 6) is -1.89. The summed E-state index contributed by atoms with van der Waals surface area (Å²) in [6.07, 6.45) is -8.17. The van der Waals surface area contributed by atoms with Gasteiger partial charge in [0.15, 0.2) is 6.10 Å². The number of rotatable bonds is 4. The molecule has 2 aliphatic rings. The molecule has 1 amide bonds. The average molecular weight is 567 g/mol. The number of fused-ring (bicyclic) bond motifs is 1. The van der Waals surface area contributed by atoms with Gasteiger partial charge in [-0.2, -0.15) is 22.4 Å². The zero-order valence-electron chi connectivity index (χ0n) is 20.9. The number of nitrogens with one attached hydrogen (secondary N) is 1. The van der Waals surface area contributed by atoms with Gasteiger partial charge in [-0.25, -0.2) is 22.0 Å². The van der Waals surface area contributed by atoms with Crippen LogP contribution in [-0.4, -0.2) is 64.8 Å². The van der Waals surface area contributed by atoms with Gasteiger partial charge in [-0.1, -0.05) is 0 Å². The highest BCUT2D eigenvalue weighted by molar-refractivity contribution is 7.89. The third kappa shape index (κ3) is 6.10. The number of alkyl halides is 3. The maximum Gasteiger partial charge on any atom is 0.416 e. The lowest BCUT2D eigenvalue weighted by Crippen LogP contribution is -2.59. The number of halogens is 5. The van der Waals surface area contributed by atoms with E-state index in [2.05, 4.69) is 10.4 Å². The number of ether oxygens (including phenoxy) is 2. The third-order valence-corrected chi connectivity index (χ3v) is 7.05. The second kappa shape index (κ2) is 9.75. The van der Waals surface area contributed by atoms with Gasteiger partial charge in [0, 0.05) is 36.5 Å². The number of hydrogen-bond donors (Lipinski definition) is 1. The second-order valence-corrected chi connectivity index (χ2v) is 12.2. The normalized spacial score (nSPS) is 24.8. The Kier molecular flexibility index (Phi) is 7.25. The van der Waals surface area contributed by atoms with Gasteiger partial charge in [0.2, 0.25) is 0 Å². The van der Waals surface area contributed by atoms with Crippen LogP contribution in [0.4, 0.5) is 26.7 Å². The number of nitrogens with zero attached hydrogens (tertiary/aromatic N) is 3. The standard InChI is InChI=1S/C23H27F5N4O5S/c1-22(2,3)37-21(33)29-16-8-18(31-9-12-10-32(38(4,34)35)30-17(12)11-31)20(23(26,27)28)36-19(16)14-7-13(24)5-6-15(14)25/h5-7,10,16,18-20H,8-9,11H2,1-4H3,(H,29,33)/t16-,18+,19-,20-/m1/s1. The SMILES string of the molecule is CC(C)(C)OC(=O)N[C@@H]1C[C@H](N2Cc3cn(S(C)(=O)=O)nc3C2)[C@H](C(F)(F)F)O[C@@H]1c1cc(F)ccc1F. The Morgan fingerprint density at radius 1 is 1.18 bits per heavy atom. The van der Waals surface area contributed by atoms with Crippen molar-refractivity contribution in [2.45, 2.75) is 76.4 Å². The molecular formula is C23H27F5N4O5S. The highest BCUT2D eigenvalue weighted by atomic mass is 32.2. The van der Waals surface area contributed by atoms with Crippen molar-refractivity contribution in [2.75, 3.05) is 6.26 Å². The fraction of sp³-hybridized carbons (Fsp3) is 0.565. The van der Waals surface area contributed by atoms with Crippen LogP contribution in [0.25, 0.3) is 0 Å². The van der Waals surface area contributed by atoms with Crippen LogP contribution in [0.15, 0.2) is 24.4 Å². The minimum absolute atomic E-state index is 0.0659. The molecule has 9 nitrogen and oxygen atoms in total. The summed E-state index contributed by atoms with van der Waals surface area (Å²) in [5, 5.41) is 6.44. The largest absolute Gasteiger partial charge is 0.444 e. The van der Waals surface area contributed by atoms with Crippen LogP contribution >= 0.6 is 0 Å². The van der Waals surface area contributed by atoms with E-state index in [-0.39, 0.29) is 25.2 Å². The van der Waals surface area contributed by atoms with E-state index in [0.29, 0.717) is 5.56 Å². The molecule has 0 bridgehead atoms. The smallest absolute Gasteiger partial charge is 0.416 e. The Morgan fingerprint density at radius 2 is 1.87 bits per heavy atom. The van der Waals surface area contributed by atoms with Gasteiger partial charge in [0.25, 0.3) is 10.0 Å². The number of aromatic nitrogens is 2. The number of alkyl carbamates (subject to hydrolysis) is 1. The molecule has 210 valence electrons. The lowest BCUT2D eigenvalue weighted by molar-refractivity contribution is -0.270. The van der Waals surface area contributed by atoms with Gasteiger partial charge < -0.3 is 14.8 Å². The average Bonchev–Trinajstić information content (AvgIpc) is 3.32. The zero-order chi connectivity index (χ0) is 28.2. The molecule has 0 unspecified atom stereocenters. The quantitative estimate of drug-likeness (QED) is 0.564. The van der Waals surface area contributed by atoms with E-state index >= 15 is 0 Å². The van der Waals surface area contributed by atoms with E-state index < -0.39 is 69.4 Å². The predicted molar refractivity (Wildman–Crippen MR) is 123 cm³/mol. The van der Waals surface area contributed by atoms with Crippen molar-refractivity contribution in [1.82, 2.24) is 19.4 Å². The van der Waals surface area contributed by atoms with Gasteiger partial charge in [-0.15, -0.1) is 0 Å². The van der Waals surface area contributed by atoms with Gasteiger partial charge in [-0.05, 0) is 45.4 Å². The molecule has 4 rings (SSSR count). The fourth-order valence-corrected chi connectivity index (χ4v) is 5.23. The van der Waals surface area contributed by atoms with Crippen molar-refractivity contribution in [3.05, 3.63) is 52.9 Å². The van der Waals surface area contributed by atoms with Crippen molar-refractivity contribution in [3.63, 3.8) is 0 Å². The molecule has 4 atom stereocenters. The number of carbonyl (C=O) groups excluding carboxylic acids is 1. The molecule has 2 aromatic rings. The lowest BCUT2D eigenvalue weighted by atomic mass is 9.88. The molecule has 1 N–H and O–H groups in total. The summed E-state index contributed by atoms with van der Waals surface area (Å²) in [6.45, 7) is 4.59. The Labute approximate surface area is 215 Å². The molecule has 1 saturated heterocycles. The fourth-order valence-electron chi connectivity index (χ4n) is 4.66. The first kappa shape index (κ1) is 28.2. The third-order valence-electron chi connectivity index (χ3n) is 6.18. The monoisotopic (exact) mass is 566 g/mol. The van der Waals surface area contributed by atoms with E-state index in [1.165, 1.54) is 11.1 Å². The van der Waals surface area contributed by atoms with Crippen LogP contribution in [-0.2, 0) is 32.6 Å². The number of amides is 1. The summed E-state index contributed by atoms with van der Waals surface area (Å²) in [7, 11) is -3.69. The van der Waals surface area contributed by atoms with E-state index in [1.54, 1.807) is 20.8 Å². The highest BCUT2D eigenvalue weighted by Gasteiger charge is 2.55. The van der Waals surface area contributed by atoms with Gasteiger partial charge in [0.05, 0.1) is 18.0 Å². The van der Waals surface area contributed by atoms with Crippen LogP contribution < -0.4 is 5.32 Å². The van der Waals surface area contributed by atoms with Crippen molar-refractivity contribution in [3.8, 4) is 0 Å². The topological polar surface area (TPSA) is 103 Å². The van der Waals surface area contributed by atoms with Crippen LogP contribution in [0.2, 0.25) is 0 Å². The lowest BCUT2D eigenvalue weighted by Gasteiger charge is -2.45. The summed E-state index contributed by atoms with van der Waals surface area (Å²) >= 11 is 0. The summed E-state index contributed by atoms with van der Waals surface area (Å²) in [4.78, 5) is 14.0. The van der Waals surface area contributed by atoms with Gasteiger partial charge in [0.1, 0.15) is 23.3 Å². The molecule has 2 aliphatic heterocycles. The number of benzene rings is 1. The Bertz CT molecular complexity index is 1300. The summed E-state index contributed by atoms with van der Waals surface area (Å²) < 4.78 is 106. The number of carbonyl (C=O) groups is 1. The van der Waals surface area contributed by atoms with Crippen molar-refractivity contribution >= 4 is 16.1 Å². The van der Waals surface area contributed by atoms with Gasteiger partial charge >= 0.3 is 12.3 Å². The summed E-state index contributed by atoms with van der Waals surface area (Å²) in [6, 6.07) is -0.277. The minimum atomic E-state index is -4.91. The van der Waals surface area contributed by atoms with Crippen molar-refractivity contribution in [2.24, 2.45) is 0 Å². The van der Waals surface area contributed by atoms with Crippen molar-refractivity contribution in [1.29, 1.82) is 0 Å². The van der Waals surface area contributed by atoms with Crippen LogP contribution in [0.1, 0.15) is 50.1 Å². The maximum atomic E-state index is 14.7. The number of hydrogen-bond acceptors (Lipinski definition) is 7. The molecule has 3 heterocycles. The molecule has 0 spiro atoms. The van der Waals surface area contributed by atoms with Crippen molar-refractivity contribution < 1.29 is 44.6 Å².